The minimum Gasteiger partial charge on any atom is -0.480 e. The number of primary amides is 1. The van der Waals surface area contributed by atoms with Gasteiger partial charge in [-0.05, 0) is 27.7 Å². The van der Waals surface area contributed by atoms with Gasteiger partial charge in [0.05, 0.1) is 5.01 Å². The fraction of sp³-hybridized carbons (Fsp3) is 0.438. The number of carboxylic acids is 1. The molecule has 2 rings (SSSR count). The molecule has 4 N–H and O–H groups in total. The highest BCUT2D eigenvalue weighted by molar-refractivity contribution is 7.09. The number of alkyl carbamates (subject to hydrolysis) is 1. The maximum atomic E-state index is 11.8. The predicted molar refractivity (Wildman–Crippen MR) is 95.4 cm³/mol. The summed E-state index contributed by atoms with van der Waals surface area (Å²) in [5.41, 5.74) is 4.80. The number of oxazole rings is 1. The van der Waals surface area contributed by atoms with Gasteiger partial charge in [0.15, 0.2) is 5.69 Å². The number of ether oxygens (including phenoxy) is 1. The van der Waals surface area contributed by atoms with Crippen LogP contribution in [0.1, 0.15) is 42.0 Å². The SMILES string of the molecule is Cc1oc(-c2csc(C[C@H](NC(=O)OC(C)(C)C)C(=O)O)n2)nc1C(N)=O. The lowest BCUT2D eigenvalue weighted by molar-refractivity contribution is -0.139. The Bertz CT molecular complexity index is 867. The first kappa shape index (κ1) is 20.4. The third-order valence-corrected chi connectivity index (χ3v) is 4.04. The van der Waals surface area contributed by atoms with Crippen molar-refractivity contribution in [2.75, 3.05) is 0 Å². The molecule has 2 aromatic heterocycles. The number of aliphatic carboxylic acids is 1. The lowest BCUT2D eigenvalue weighted by atomic mass is 10.2. The quantitative estimate of drug-likeness (QED) is 0.666. The number of hydrogen-bond acceptors (Lipinski definition) is 8. The van der Waals surface area contributed by atoms with Crippen LogP contribution in [0.5, 0.6) is 0 Å². The molecule has 27 heavy (non-hydrogen) atoms. The van der Waals surface area contributed by atoms with Crippen LogP contribution in [0.2, 0.25) is 0 Å². The first-order valence-corrected chi connectivity index (χ1v) is 8.78. The van der Waals surface area contributed by atoms with E-state index in [1.807, 2.05) is 0 Å². The Balaban J connectivity index is 2.12. The van der Waals surface area contributed by atoms with Crippen LogP contribution in [-0.2, 0) is 16.0 Å². The standard InChI is InChI=1S/C16H20N4O6S/c1-7-11(12(17)21)20-13(25-7)9-6-27-10(18-9)5-8(14(22)23)19-15(24)26-16(2,3)4/h6,8H,5H2,1-4H3,(H2,17,21)(H,19,24)(H,22,23)/t8-/m0/s1. The summed E-state index contributed by atoms with van der Waals surface area (Å²) in [6, 6.07) is -1.22. The molecule has 0 bridgehead atoms. The van der Waals surface area contributed by atoms with E-state index in [1.165, 1.54) is 11.3 Å². The van der Waals surface area contributed by atoms with E-state index in [-0.39, 0.29) is 23.8 Å². The Hall–Kier alpha value is -2.95. The molecule has 0 aromatic carbocycles. The van der Waals surface area contributed by atoms with Crippen molar-refractivity contribution in [1.82, 2.24) is 15.3 Å². The van der Waals surface area contributed by atoms with E-state index in [4.69, 9.17) is 14.9 Å². The van der Waals surface area contributed by atoms with E-state index in [1.54, 1.807) is 33.1 Å². The van der Waals surface area contributed by atoms with Gasteiger partial charge in [0.1, 0.15) is 23.1 Å². The van der Waals surface area contributed by atoms with Gasteiger partial charge < -0.3 is 25.3 Å². The van der Waals surface area contributed by atoms with Gasteiger partial charge >= 0.3 is 12.1 Å². The average Bonchev–Trinajstić information content (AvgIpc) is 3.11. The van der Waals surface area contributed by atoms with Gasteiger partial charge in [-0.25, -0.2) is 19.6 Å². The molecule has 2 heterocycles. The largest absolute Gasteiger partial charge is 0.480 e. The number of carbonyl (C=O) groups is 3. The Morgan fingerprint density at radius 3 is 2.56 bits per heavy atom. The van der Waals surface area contributed by atoms with Crippen LogP contribution >= 0.6 is 11.3 Å². The zero-order valence-electron chi connectivity index (χ0n) is 15.2. The van der Waals surface area contributed by atoms with Gasteiger partial charge in [-0.2, -0.15) is 0 Å². The molecule has 0 aliphatic carbocycles. The number of nitrogens with two attached hydrogens (primary N) is 1. The van der Waals surface area contributed by atoms with Crippen LogP contribution in [0.15, 0.2) is 9.80 Å². The van der Waals surface area contributed by atoms with Crippen molar-refractivity contribution >= 4 is 29.3 Å². The van der Waals surface area contributed by atoms with Crippen molar-refractivity contribution in [2.24, 2.45) is 5.73 Å². The number of hydrogen-bond donors (Lipinski definition) is 3. The van der Waals surface area contributed by atoms with Crippen molar-refractivity contribution in [3.63, 3.8) is 0 Å². The molecule has 0 spiro atoms. The average molecular weight is 396 g/mol. The number of nitrogens with zero attached hydrogens (tertiary/aromatic N) is 2. The second-order valence-electron chi connectivity index (χ2n) is 6.66. The van der Waals surface area contributed by atoms with E-state index < -0.39 is 29.6 Å². The second-order valence-corrected chi connectivity index (χ2v) is 7.60. The van der Waals surface area contributed by atoms with E-state index in [0.29, 0.717) is 10.7 Å². The Kier molecular flexibility index (Phi) is 5.84. The van der Waals surface area contributed by atoms with Crippen molar-refractivity contribution in [3.05, 3.63) is 21.8 Å². The van der Waals surface area contributed by atoms with Crippen molar-refractivity contribution in [1.29, 1.82) is 0 Å². The monoisotopic (exact) mass is 396 g/mol. The number of rotatable bonds is 6. The predicted octanol–water partition coefficient (Wildman–Crippen LogP) is 1.73. The molecule has 0 fully saturated rings. The highest BCUT2D eigenvalue weighted by Gasteiger charge is 2.26. The molecule has 10 nitrogen and oxygen atoms in total. The molecule has 0 saturated carbocycles. The van der Waals surface area contributed by atoms with Crippen molar-refractivity contribution in [2.45, 2.75) is 45.8 Å². The first-order chi connectivity index (χ1) is 12.5. The molecule has 0 unspecified atom stereocenters. The summed E-state index contributed by atoms with van der Waals surface area (Å²) < 4.78 is 10.4. The lowest BCUT2D eigenvalue weighted by Crippen LogP contribution is -2.44. The summed E-state index contributed by atoms with van der Waals surface area (Å²) >= 11 is 1.17. The van der Waals surface area contributed by atoms with Gasteiger partial charge in [0, 0.05) is 11.8 Å². The van der Waals surface area contributed by atoms with E-state index in [2.05, 4.69) is 15.3 Å². The molecule has 0 radical (unpaired) electrons. The number of thiazole rings is 1. The molecule has 2 aromatic rings. The number of aromatic nitrogens is 2. The van der Waals surface area contributed by atoms with Crippen LogP contribution in [0.25, 0.3) is 11.6 Å². The zero-order valence-corrected chi connectivity index (χ0v) is 16.0. The third-order valence-electron chi connectivity index (χ3n) is 3.17. The summed E-state index contributed by atoms with van der Waals surface area (Å²) in [6.45, 7) is 6.57. The molecule has 11 heteroatoms. The molecular weight excluding hydrogens is 376 g/mol. The van der Waals surface area contributed by atoms with E-state index in [0.717, 1.165) is 0 Å². The number of aryl methyl sites for hydroxylation is 1. The van der Waals surface area contributed by atoms with Crippen LogP contribution in [0, 0.1) is 6.92 Å². The number of carboxylic acid groups (broad SMARTS) is 1. The van der Waals surface area contributed by atoms with Crippen LogP contribution in [-0.4, -0.2) is 44.7 Å². The number of amides is 2. The van der Waals surface area contributed by atoms with Crippen molar-refractivity contribution in [3.8, 4) is 11.6 Å². The lowest BCUT2D eigenvalue weighted by Gasteiger charge is -2.21. The van der Waals surface area contributed by atoms with Gasteiger partial charge in [0.2, 0.25) is 5.89 Å². The fourth-order valence-corrected chi connectivity index (χ4v) is 2.88. The van der Waals surface area contributed by atoms with E-state index in [9.17, 15) is 19.5 Å². The highest BCUT2D eigenvalue weighted by Crippen LogP contribution is 2.24. The summed E-state index contributed by atoms with van der Waals surface area (Å²) in [4.78, 5) is 42.7. The number of carbonyl (C=O) groups excluding carboxylic acids is 2. The smallest absolute Gasteiger partial charge is 0.408 e. The third kappa shape index (κ3) is 5.51. The molecule has 0 aliphatic rings. The number of nitrogens with one attached hydrogen (secondary N) is 1. The normalized spacial score (nSPS) is 12.4. The summed E-state index contributed by atoms with van der Waals surface area (Å²) in [7, 11) is 0. The Labute approximate surface area is 158 Å². The minimum absolute atomic E-state index is 0.00885. The maximum Gasteiger partial charge on any atom is 0.408 e. The maximum absolute atomic E-state index is 11.8. The summed E-state index contributed by atoms with van der Waals surface area (Å²) in [6.07, 6.45) is -0.886. The van der Waals surface area contributed by atoms with Crippen LogP contribution in [0.3, 0.4) is 0 Å². The van der Waals surface area contributed by atoms with Gasteiger partial charge in [-0.15, -0.1) is 11.3 Å². The van der Waals surface area contributed by atoms with Crippen LogP contribution in [0.4, 0.5) is 4.79 Å². The second kappa shape index (κ2) is 7.74. The minimum atomic E-state index is -1.22. The Morgan fingerprint density at radius 1 is 1.37 bits per heavy atom. The molecule has 2 amide bonds. The van der Waals surface area contributed by atoms with E-state index >= 15 is 0 Å². The summed E-state index contributed by atoms with van der Waals surface area (Å²) in [5, 5.41) is 13.7. The van der Waals surface area contributed by atoms with Gasteiger partial charge in [-0.3, -0.25) is 4.79 Å². The molecule has 1 atom stereocenters. The molecule has 0 saturated heterocycles. The van der Waals surface area contributed by atoms with Gasteiger partial charge in [0.25, 0.3) is 5.91 Å². The molecule has 0 aliphatic heterocycles. The fourth-order valence-electron chi connectivity index (χ4n) is 2.06. The first-order valence-electron chi connectivity index (χ1n) is 7.90. The van der Waals surface area contributed by atoms with Crippen LogP contribution < -0.4 is 11.1 Å². The van der Waals surface area contributed by atoms with Gasteiger partial charge in [-0.1, -0.05) is 0 Å². The highest BCUT2D eigenvalue weighted by atomic mass is 32.1. The Morgan fingerprint density at radius 2 is 2.04 bits per heavy atom. The summed E-state index contributed by atoms with van der Waals surface area (Å²) in [5.74, 6) is -1.57. The zero-order chi connectivity index (χ0) is 20.4. The molecule has 146 valence electrons. The molecular formula is C16H20N4O6S. The van der Waals surface area contributed by atoms with Crippen molar-refractivity contribution < 1.29 is 28.6 Å². The topological polar surface area (TPSA) is 158 Å².